The molecule has 0 amide bonds. The maximum absolute atomic E-state index is 8.74. The maximum Gasteiger partial charge on any atom is 0.0540 e. The average molecular weight is 263 g/mol. The Hall–Kier alpha value is -0.950. The SMILES string of the molecule is CSCCN(C)Cc1ccccc1C#CCCO. The fraction of sp³-hybridized carbons (Fsp3) is 0.467. The molecule has 1 aromatic rings. The summed E-state index contributed by atoms with van der Waals surface area (Å²) in [6, 6.07) is 8.23. The first-order valence-electron chi connectivity index (χ1n) is 6.13. The molecule has 2 nitrogen and oxygen atoms in total. The average Bonchev–Trinajstić information content (AvgIpc) is 2.38. The third-order valence-electron chi connectivity index (χ3n) is 2.59. The smallest absolute Gasteiger partial charge is 0.0540 e. The van der Waals surface area contributed by atoms with Crippen LogP contribution in [0.2, 0.25) is 0 Å². The topological polar surface area (TPSA) is 23.5 Å². The van der Waals surface area contributed by atoms with E-state index in [-0.39, 0.29) is 6.61 Å². The lowest BCUT2D eigenvalue weighted by Crippen LogP contribution is -2.21. The van der Waals surface area contributed by atoms with Gasteiger partial charge in [-0.15, -0.1) is 0 Å². The van der Waals surface area contributed by atoms with Gasteiger partial charge in [-0.3, -0.25) is 0 Å². The van der Waals surface area contributed by atoms with E-state index < -0.39 is 0 Å². The summed E-state index contributed by atoms with van der Waals surface area (Å²) in [4.78, 5) is 2.31. The summed E-state index contributed by atoms with van der Waals surface area (Å²) in [5.74, 6) is 7.27. The Morgan fingerprint density at radius 2 is 2.11 bits per heavy atom. The van der Waals surface area contributed by atoms with Gasteiger partial charge in [-0.25, -0.2) is 0 Å². The maximum atomic E-state index is 8.74. The lowest BCUT2D eigenvalue weighted by molar-refractivity contribution is 0.305. The van der Waals surface area contributed by atoms with Crippen LogP contribution in [0.1, 0.15) is 17.5 Å². The molecule has 1 N–H and O–H groups in total. The number of rotatable bonds is 6. The van der Waals surface area contributed by atoms with Crippen LogP contribution in [0.4, 0.5) is 0 Å². The molecule has 1 aromatic carbocycles. The normalized spacial score (nSPS) is 10.2. The molecular formula is C15H21NOS. The molecule has 0 aliphatic heterocycles. The zero-order valence-corrected chi connectivity index (χ0v) is 12.0. The van der Waals surface area contributed by atoms with Crippen molar-refractivity contribution < 1.29 is 5.11 Å². The summed E-state index contributed by atoms with van der Waals surface area (Å²) < 4.78 is 0. The standard InChI is InChI=1S/C15H21NOS/c1-16(10-12-18-2)13-15-9-4-3-7-14(15)8-5-6-11-17/h3-4,7,9,17H,6,10-13H2,1-2H3. The summed E-state index contributed by atoms with van der Waals surface area (Å²) in [7, 11) is 2.13. The molecule has 0 fully saturated rings. The van der Waals surface area contributed by atoms with E-state index >= 15 is 0 Å². The summed E-state index contributed by atoms with van der Waals surface area (Å²) >= 11 is 1.86. The molecule has 0 unspecified atom stereocenters. The van der Waals surface area contributed by atoms with Crippen molar-refractivity contribution in [3.05, 3.63) is 35.4 Å². The lowest BCUT2D eigenvalue weighted by atomic mass is 10.1. The van der Waals surface area contributed by atoms with E-state index in [0.29, 0.717) is 6.42 Å². The minimum Gasteiger partial charge on any atom is -0.395 e. The highest BCUT2D eigenvalue weighted by Crippen LogP contribution is 2.10. The van der Waals surface area contributed by atoms with Gasteiger partial charge in [0.1, 0.15) is 0 Å². The first-order valence-corrected chi connectivity index (χ1v) is 7.52. The summed E-state index contributed by atoms with van der Waals surface area (Å²) in [5.41, 5.74) is 2.33. The fourth-order valence-corrected chi connectivity index (χ4v) is 2.10. The minimum atomic E-state index is 0.128. The van der Waals surface area contributed by atoms with Crippen LogP contribution in [0.15, 0.2) is 24.3 Å². The zero-order chi connectivity index (χ0) is 13.2. The zero-order valence-electron chi connectivity index (χ0n) is 11.1. The highest BCUT2D eigenvalue weighted by Gasteiger charge is 2.03. The van der Waals surface area contributed by atoms with Crippen LogP contribution >= 0.6 is 11.8 Å². The van der Waals surface area contributed by atoms with Gasteiger partial charge in [0.15, 0.2) is 0 Å². The Balaban J connectivity index is 2.67. The Morgan fingerprint density at radius 1 is 1.33 bits per heavy atom. The molecule has 0 aromatic heterocycles. The van der Waals surface area contributed by atoms with E-state index in [4.69, 9.17) is 5.11 Å². The van der Waals surface area contributed by atoms with Crippen molar-refractivity contribution >= 4 is 11.8 Å². The van der Waals surface area contributed by atoms with Gasteiger partial charge in [-0.05, 0) is 24.9 Å². The number of nitrogens with zero attached hydrogens (tertiary/aromatic N) is 1. The van der Waals surface area contributed by atoms with Gasteiger partial charge in [0.2, 0.25) is 0 Å². The van der Waals surface area contributed by atoms with Crippen LogP contribution in [-0.4, -0.2) is 42.2 Å². The van der Waals surface area contributed by atoms with Crippen LogP contribution < -0.4 is 0 Å². The molecule has 0 aliphatic rings. The minimum absolute atomic E-state index is 0.128. The van der Waals surface area contributed by atoms with Crippen molar-refractivity contribution in [1.29, 1.82) is 0 Å². The van der Waals surface area contributed by atoms with Gasteiger partial charge in [0.05, 0.1) is 6.61 Å². The van der Waals surface area contributed by atoms with Crippen LogP contribution in [0.25, 0.3) is 0 Å². The van der Waals surface area contributed by atoms with Crippen molar-refractivity contribution in [1.82, 2.24) is 4.90 Å². The molecule has 0 spiro atoms. The predicted octanol–water partition coefficient (Wildman–Crippen LogP) is 2.22. The molecule has 3 heteroatoms. The van der Waals surface area contributed by atoms with Gasteiger partial charge >= 0.3 is 0 Å². The first-order chi connectivity index (χ1) is 8.77. The van der Waals surface area contributed by atoms with Crippen LogP contribution in [-0.2, 0) is 6.54 Å². The van der Waals surface area contributed by atoms with E-state index in [1.807, 2.05) is 23.9 Å². The number of hydrogen-bond acceptors (Lipinski definition) is 3. The van der Waals surface area contributed by atoms with Gasteiger partial charge in [-0.2, -0.15) is 11.8 Å². The number of aliphatic hydroxyl groups is 1. The number of hydrogen-bond donors (Lipinski definition) is 1. The lowest BCUT2D eigenvalue weighted by Gasteiger charge is -2.16. The summed E-state index contributed by atoms with van der Waals surface area (Å²) in [6.07, 6.45) is 2.67. The molecule has 0 atom stereocenters. The van der Waals surface area contributed by atoms with E-state index in [1.165, 1.54) is 5.56 Å². The number of benzene rings is 1. The largest absolute Gasteiger partial charge is 0.395 e. The molecule has 0 saturated carbocycles. The van der Waals surface area contributed by atoms with E-state index in [9.17, 15) is 0 Å². The Morgan fingerprint density at radius 3 is 2.83 bits per heavy atom. The second kappa shape index (κ2) is 9.04. The molecule has 0 radical (unpaired) electrons. The first kappa shape index (κ1) is 15.1. The van der Waals surface area contributed by atoms with Gasteiger partial charge < -0.3 is 10.0 Å². The number of aliphatic hydroxyl groups excluding tert-OH is 1. The summed E-state index contributed by atoms with van der Waals surface area (Å²) in [6.45, 7) is 2.13. The van der Waals surface area contributed by atoms with Crippen LogP contribution in [0, 0.1) is 11.8 Å². The fourth-order valence-electron chi connectivity index (χ4n) is 1.61. The summed E-state index contributed by atoms with van der Waals surface area (Å²) in [5, 5.41) is 8.74. The van der Waals surface area contributed by atoms with Crippen LogP contribution in [0.3, 0.4) is 0 Å². The second-order valence-electron chi connectivity index (χ2n) is 4.16. The molecule has 18 heavy (non-hydrogen) atoms. The van der Waals surface area contributed by atoms with E-state index in [2.05, 4.69) is 42.2 Å². The van der Waals surface area contributed by atoms with Crippen molar-refractivity contribution in [2.75, 3.05) is 32.2 Å². The third kappa shape index (κ3) is 5.59. The van der Waals surface area contributed by atoms with Crippen molar-refractivity contribution in [3.63, 3.8) is 0 Å². The molecule has 1 rings (SSSR count). The molecule has 98 valence electrons. The van der Waals surface area contributed by atoms with E-state index in [1.54, 1.807) is 0 Å². The predicted molar refractivity (Wildman–Crippen MR) is 79.7 cm³/mol. The van der Waals surface area contributed by atoms with Gasteiger partial charge in [-0.1, -0.05) is 30.0 Å². The highest BCUT2D eigenvalue weighted by atomic mass is 32.2. The van der Waals surface area contributed by atoms with Crippen molar-refractivity contribution in [2.45, 2.75) is 13.0 Å². The Bertz CT molecular complexity index is 408. The molecule has 0 heterocycles. The van der Waals surface area contributed by atoms with Crippen molar-refractivity contribution in [3.8, 4) is 11.8 Å². The Kier molecular flexibility index (Phi) is 7.59. The number of thioether (sulfide) groups is 1. The highest BCUT2D eigenvalue weighted by molar-refractivity contribution is 7.98. The molecule has 0 saturated heterocycles. The molecule has 0 aliphatic carbocycles. The van der Waals surface area contributed by atoms with Crippen molar-refractivity contribution in [2.24, 2.45) is 0 Å². The third-order valence-corrected chi connectivity index (χ3v) is 3.19. The second-order valence-corrected chi connectivity index (χ2v) is 5.15. The molecule has 0 bridgehead atoms. The quantitative estimate of drug-likeness (QED) is 0.796. The molecular weight excluding hydrogens is 242 g/mol. The Labute approximate surface area is 114 Å². The van der Waals surface area contributed by atoms with E-state index in [0.717, 1.165) is 24.4 Å². The monoisotopic (exact) mass is 263 g/mol. The van der Waals surface area contributed by atoms with Gasteiger partial charge in [0, 0.05) is 30.8 Å². The van der Waals surface area contributed by atoms with Gasteiger partial charge in [0.25, 0.3) is 0 Å². The van der Waals surface area contributed by atoms with Crippen LogP contribution in [0.5, 0.6) is 0 Å².